The molecule has 0 aromatic heterocycles. The van der Waals surface area contributed by atoms with Crippen molar-refractivity contribution >= 4 is 23.5 Å². The highest BCUT2D eigenvalue weighted by atomic mass is 16.5. The molecule has 0 unspecified atom stereocenters. The van der Waals surface area contributed by atoms with Gasteiger partial charge in [-0.3, -0.25) is 14.4 Å². The first-order valence-electron chi connectivity index (χ1n) is 6.91. The summed E-state index contributed by atoms with van der Waals surface area (Å²) < 4.78 is 9.25. The van der Waals surface area contributed by atoms with Crippen molar-refractivity contribution < 1.29 is 23.9 Å². The maximum absolute atomic E-state index is 11.8. The number of rotatable bonds is 8. The summed E-state index contributed by atoms with van der Waals surface area (Å²) in [5.74, 6) is -1.12. The van der Waals surface area contributed by atoms with Crippen molar-refractivity contribution in [3.05, 3.63) is 29.8 Å². The Balaban J connectivity index is 2.41. The average molecular weight is 308 g/mol. The van der Waals surface area contributed by atoms with Crippen LogP contribution in [-0.2, 0) is 19.1 Å². The van der Waals surface area contributed by atoms with Gasteiger partial charge in [0.25, 0.3) is 5.91 Å². The first kappa shape index (κ1) is 17.5. The van der Waals surface area contributed by atoms with Gasteiger partial charge in [0.1, 0.15) is 6.54 Å². The van der Waals surface area contributed by atoms with Crippen LogP contribution in [0.1, 0.15) is 23.7 Å². The number of hydrogen-bond donors (Lipinski definition) is 2. The van der Waals surface area contributed by atoms with E-state index < -0.39 is 5.97 Å². The molecule has 7 nitrogen and oxygen atoms in total. The third kappa shape index (κ3) is 6.25. The lowest BCUT2D eigenvalue weighted by atomic mass is 10.2. The van der Waals surface area contributed by atoms with Gasteiger partial charge in [0, 0.05) is 17.8 Å². The first-order chi connectivity index (χ1) is 10.6. The molecule has 0 aliphatic rings. The SMILES string of the molecule is CCOC(=O)CNC(=O)c1ccc(NCCC(=O)OC)cc1. The predicted octanol–water partition coefficient (Wildman–Crippen LogP) is 0.954. The molecule has 7 heteroatoms. The Morgan fingerprint density at radius 2 is 1.77 bits per heavy atom. The Kier molecular flexibility index (Phi) is 7.45. The summed E-state index contributed by atoms with van der Waals surface area (Å²) >= 11 is 0. The van der Waals surface area contributed by atoms with Crippen LogP contribution in [0, 0.1) is 0 Å². The summed E-state index contributed by atoms with van der Waals surface area (Å²) in [6.45, 7) is 2.26. The van der Waals surface area contributed by atoms with E-state index in [-0.39, 0.29) is 31.4 Å². The molecule has 0 spiro atoms. The Morgan fingerprint density at radius 3 is 2.36 bits per heavy atom. The second-order valence-corrected chi connectivity index (χ2v) is 4.32. The third-order valence-electron chi connectivity index (χ3n) is 2.73. The number of carbonyl (C=O) groups is 3. The van der Waals surface area contributed by atoms with Crippen LogP contribution in [0.4, 0.5) is 5.69 Å². The molecule has 0 atom stereocenters. The number of anilines is 1. The molecule has 0 fully saturated rings. The van der Waals surface area contributed by atoms with Gasteiger partial charge in [-0.1, -0.05) is 0 Å². The van der Waals surface area contributed by atoms with E-state index in [1.165, 1.54) is 7.11 Å². The molecule has 0 saturated carbocycles. The number of ether oxygens (including phenoxy) is 2. The molecule has 22 heavy (non-hydrogen) atoms. The first-order valence-corrected chi connectivity index (χ1v) is 6.91. The summed E-state index contributed by atoms with van der Waals surface area (Å²) in [5.41, 5.74) is 1.22. The van der Waals surface area contributed by atoms with Crippen LogP contribution in [-0.4, -0.2) is 44.7 Å². The molecule has 0 radical (unpaired) electrons. The minimum atomic E-state index is -0.475. The van der Waals surface area contributed by atoms with Gasteiger partial charge in [0.15, 0.2) is 0 Å². The molecular weight excluding hydrogens is 288 g/mol. The summed E-state index contributed by atoms with van der Waals surface area (Å²) in [6.07, 6.45) is 0.262. The van der Waals surface area contributed by atoms with E-state index in [9.17, 15) is 14.4 Å². The summed E-state index contributed by atoms with van der Waals surface area (Å²) in [5, 5.41) is 5.51. The van der Waals surface area contributed by atoms with Crippen molar-refractivity contribution in [3.63, 3.8) is 0 Å². The van der Waals surface area contributed by atoms with Crippen molar-refractivity contribution in [1.82, 2.24) is 5.32 Å². The summed E-state index contributed by atoms with van der Waals surface area (Å²) in [7, 11) is 1.34. The quantitative estimate of drug-likeness (QED) is 0.695. The Hall–Kier alpha value is -2.57. The Morgan fingerprint density at radius 1 is 1.09 bits per heavy atom. The molecule has 1 rings (SSSR count). The van der Waals surface area contributed by atoms with Crippen LogP contribution in [0.5, 0.6) is 0 Å². The van der Waals surface area contributed by atoms with Gasteiger partial charge in [0.05, 0.1) is 20.1 Å². The van der Waals surface area contributed by atoms with E-state index in [0.29, 0.717) is 12.1 Å². The summed E-state index contributed by atoms with van der Waals surface area (Å²) in [4.78, 5) is 33.9. The highest BCUT2D eigenvalue weighted by molar-refractivity contribution is 5.96. The van der Waals surface area contributed by atoms with Crippen LogP contribution in [0.15, 0.2) is 24.3 Å². The second kappa shape index (κ2) is 9.38. The lowest BCUT2D eigenvalue weighted by Gasteiger charge is -2.07. The van der Waals surface area contributed by atoms with Crippen molar-refractivity contribution in [1.29, 1.82) is 0 Å². The van der Waals surface area contributed by atoms with E-state index in [1.807, 2.05) is 0 Å². The standard InChI is InChI=1S/C15H20N2O5/c1-3-22-14(19)10-17-15(20)11-4-6-12(7-5-11)16-9-8-13(18)21-2/h4-7,16H,3,8-10H2,1-2H3,(H,17,20). The average Bonchev–Trinajstić information content (AvgIpc) is 2.53. The molecule has 0 saturated heterocycles. The maximum atomic E-state index is 11.8. The van der Waals surface area contributed by atoms with Crippen molar-refractivity contribution in [2.45, 2.75) is 13.3 Å². The van der Waals surface area contributed by atoms with Crippen LogP contribution < -0.4 is 10.6 Å². The number of amides is 1. The van der Waals surface area contributed by atoms with E-state index in [2.05, 4.69) is 15.4 Å². The number of hydrogen-bond acceptors (Lipinski definition) is 6. The van der Waals surface area contributed by atoms with E-state index in [1.54, 1.807) is 31.2 Å². The van der Waals surface area contributed by atoms with Gasteiger partial charge in [0.2, 0.25) is 0 Å². The van der Waals surface area contributed by atoms with Gasteiger partial charge in [-0.05, 0) is 31.2 Å². The number of benzene rings is 1. The molecule has 120 valence electrons. The van der Waals surface area contributed by atoms with Crippen LogP contribution >= 0.6 is 0 Å². The fourth-order valence-corrected chi connectivity index (χ4v) is 1.62. The van der Waals surface area contributed by atoms with E-state index >= 15 is 0 Å². The van der Waals surface area contributed by atoms with Crippen LogP contribution in [0.25, 0.3) is 0 Å². The number of carbonyl (C=O) groups excluding carboxylic acids is 3. The normalized spacial score (nSPS) is 9.73. The van der Waals surface area contributed by atoms with Crippen LogP contribution in [0.3, 0.4) is 0 Å². The van der Waals surface area contributed by atoms with Gasteiger partial charge >= 0.3 is 11.9 Å². The van der Waals surface area contributed by atoms with Crippen molar-refractivity contribution in [2.75, 3.05) is 32.1 Å². The predicted molar refractivity (Wildman–Crippen MR) is 80.5 cm³/mol. The van der Waals surface area contributed by atoms with Gasteiger partial charge in [-0.15, -0.1) is 0 Å². The number of nitrogens with one attached hydrogen (secondary N) is 2. The molecule has 2 N–H and O–H groups in total. The zero-order chi connectivity index (χ0) is 16.4. The monoisotopic (exact) mass is 308 g/mol. The number of methoxy groups -OCH3 is 1. The topological polar surface area (TPSA) is 93.7 Å². The molecule has 0 heterocycles. The lowest BCUT2D eigenvalue weighted by Crippen LogP contribution is -2.30. The molecule has 0 aliphatic carbocycles. The van der Waals surface area contributed by atoms with Crippen LogP contribution in [0.2, 0.25) is 0 Å². The minimum absolute atomic E-state index is 0.161. The maximum Gasteiger partial charge on any atom is 0.325 e. The smallest absolute Gasteiger partial charge is 0.325 e. The van der Waals surface area contributed by atoms with Crippen molar-refractivity contribution in [2.24, 2.45) is 0 Å². The number of esters is 2. The molecule has 1 amide bonds. The minimum Gasteiger partial charge on any atom is -0.469 e. The molecule has 1 aromatic carbocycles. The van der Waals surface area contributed by atoms with Crippen molar-refractivity contribution in [3.8, 4) is 0 Å². The third-order valence-corrected chi connectivity index (χ3v) is 2.73. The van der Waals surface area contributed by atoms with Gasteiger partial charge in [-0.25, -0.2) is 0 Å². The molecule has 0 bridgehead atoms. The second-order valence-electron chi connectivity index (χ2n) is 4.32. The fourth-order valence-electron chi connectivity index (χ4n) is 1.62. The highest BCUT2D eigenvalue weighted by Gasteiger charge is 2.08. The molecule has 1 aromatic rings. The van der Waals surface area contributed by atoms with E-state index in [0.717, 1.165) is 5.69 Å². The molecule has 0 aliphatic heterocycles. The Bertz CT molecular complexity index is 513. The fraction of sp³-hybridized carbons (Fsp3) is 0.400. The van der Waals surface area contributed by atoms with Gasteiger partial charge in [-0.2, -0.15) is 0 Å². The lowest BCUT2D eigenvalue weighted by molar-refractivity contribution is -0.142. The van der Waals surface area contributed by atoms with Gasteiger partial charge < -0.3 is 20.1 Å². The highest BCUT2D eigenvalue weighted by Crippen LogP contribution is 2.09. The largest absolute Gasteiger partial charge is 0.469 e. The zero-order valence-corrected chi connectivity index (χ0v) is 12.7. The zero-order valence-electron chi connectivity index (χ0n) is 12.7. The summed E-state index contributed by atoms with van der Waals surface area (Å²) in [6, 6.07) is 6.69. The Labute approximate surface area is 129 Å². The van der Waals surface area contributed by atoms with E-state index in [4.69, 9.17) is 4.74 Å². The molecular formula is C15H20N2O5.